The van der Waals surface area contributed by atoms with Crippen LogP contribution in [-0.4, -0.2) is 35.9 Å². The largest absolute Gasteiger partial charge is 0.380 e. The van der Waals surface area contributed by atoms with E-state index < -0.39 is 4.92 Å². The van der Waals surface area contributed by atoms with Gasteiger partial charge in [-0.05, 0) is 48.6 Å². The van der Waals surface area contributed by atoms with Gasteiger partial charge in [-0.2, -0.15) is 5.26 Å². The molecule has 0 radical (unpaired) electrons. The van der Waals surface area contributed by atoms with Gasteiger partial charge in [0.2, 0.25) is 0 Å². The van der Waals surface area contributed by atoms with Crippen molar-refractivity contribution in [2.24, 2.45) is 0 Å². The molecule has 7 heteroatoms. The Labute approximate surface area is 163 Å². The number of piperidine rings is 1. The monoisotopic (exact) mass is 379 g/mol. The minimum atomic E-state index is -0.484. The lowest BCUT2D eigenvalue weighted by Crippen LogP contribution is -2.38. The first-order valence-electron chi connectivity index (χ1n) is 9.09. The summed E-state index contributed by atoms with van der Waals surface area (Å²) in [7, 11) is 1.47. The Morgan fingerprint density at radius 2 is 1.93 bits per heavy atom. The third-order valence-electron chi connectivity index (χ3n) is 5.12. The van der Waals surface area contributed by atoms with E-state index in [4.69, 9.17) is 10.00 Å². The fourth-order valence-electron chi connectivity index (χ4n) is 3.57. The lowest BCUT2D eigenvalue weighted by atomic mass is 9.89. The highest BCUT2D eigenvalue weighted by Crippen LogP contribution is 2.29. The molecule has 1 fully saturated rings. The van der Waals surface area contributed by atoms with Gasteiger partial charge in [0.25, 0.3) is 11.6 Å². The quantitative estimate of drug-likeness (QED) is 0.584. The normalized spacial score (nSPS) is 14.5. The molecule has 0 aromatic heterocycles. The SMILES string of the molecule is COCc1ccc(C(=O)N2CCC(c3ccc(C#N)cc3)CC2)cc1[N+](=O)[O-]. The molecule has 0 saturated carbocycles. The zero-order valence-corrected chi connectivity index (χ0v) is 15.6. The fraction of sp³-hybridized carbons (Fsp3) is 0.333. The Morgan fingerprint density at radius 3 is 2.50 bits per heavy atom. The average molecular weight is 379 g/mol. The van der Waals surface area contributed by atoms with Gasteiger partial charge in [-0.3, -0.25) is 14.9 Å². The van der Waals surface area contributed by atoms with E-state index in [2.05, 4.69) is 6.07 Å². The number of benzene rings is 2. The van der Waals surface area contributed by atoms with Gasteiger partial charge in [0.15, 0.2) is 0 Å². The zero-order chi connectivity index (χ0) is 20.1. The van der Waals surface area contributed by atoms with Crippen molar-refractivity contribution in [3.8, 4) is 6.07 Å². The molecule has 2 aromatic rings. The van der Waals surface area contributed by atoms with Crippen LogP contribution >= 0.6 is 0 Å². The van der Waals surface area contributed by atoms with Gasteiger partial charge in [0.05, 0.1) is 28.7 Å². The van der Waals surface area contributed by atoms with Gasteiger partial charge in [-0.15, -0.1) is 0 Å². The standard InChI is InChI=1S/C21H21N3O4/c1-28-14-19-7-6-18(12-20(19)24(26)27)21(25)23-10-8-17(9-11-23)16-4-2-15(13-22)3-5-16/h2-7,12,17H,8-11,14H2,1H3. The van der Waals surface area contributed by atoms with E-state index in [-0.39, 0.29) is 18.2 Å². The molecule has 0 spiro atoms. The molecule has 3 rings (SSSR count). The Bertz CT molecular complexity index is 910. The summed E-state index contributed by atoms with van der Waals surface area (Å²) in [6, 6.07) is 14.2. The van der Waals surface area contributed by atoms with Crippen LogP contribution in [0, 0.1) is 21.4 Å². The highest BCUT2D eigenvalue weighted by molar-refractivity contribution is 5.95. The molecule has 1 saturated heterocycles. The lowest BCUT2D eigenvalue weighted by molar-refractivity contribution is -0.385. The third-order valence-corrected chi connectivity index (χ3v) is 5.12. The summed E-state index contributed by atoms with van der Waals surface area (Å²) < 4.78 is 4.99. The lowest BCUT2D eigenvalue weighted by Gasteiger charge is -2.32. The summed E-state index contributed by atoms with van der Waals surface area (Å²) >= 11 is 0. The van der Waals surface area contributed by atoms with Gasteiger partial charge >= 0.3 is 0 Å². The highest BCUT2D eigenvalue weighted by Gasteiger charge is 2.26. The van der Waals surface area contributed by atoms with Crippen molar-refractivity contribution in [3.05, 3.63) is 74.8 Å². The maximum Gasteiger partial charge on any atom is 0.275 e. The second-order valence-corrected chi connectivity index (χ2v) is 6.83. The van der Waals surface area contributed by atoms with Gasteiger partial charge < -0.3 is 9.64 Å². The van der Waals surface area contributed by atoms with E-state index in [1.165, 1.54) is 18.7 Å². The summed E-state index contributed by atoms with van der Waals surface area (Å²) in [5.41, 5.74) is 2.48. The number of ether oxygens (including phenoxy) is 1. The van der Waals surface area contributed by atoms with Crippen LogP contribution in [0.1, 0.15) is 45.8 Å². The number of carbonyl (C=O) groups excluding carboxylic acids is 1. The molecule has 144 valence electrons. The number of amides is 1. The number of rotatable bonds is 5. The van der Waals surface area contributed by atoms with Crippen LogP contribution in [0.3, 0.4) is 0 Å². The Hall–Kier alpha value is -3.24. The zero-order valence-electron chi connectivity index (χ0n) is 15.6. The van der Waals surface area contributed by atoms with Gasteiger partial charge in [-0.25, -0.2) is 0 Å². The number of methoxy groups -OCH3 is 1. The smallest absolute Gasteiger partial charge is 0.275 e. The number of nitro groups is 1. The Balaban J connectivity index is 1.68. The maximum atomic E-state index is 12.8. The van der Waals surface area contributed by atoms with Gasteiger partial charge in [0.1, 0.15) is 0 Å². The molecule has 0 bridgehead atoms. The van der Waals surface area contributed by atoms with Crippen LogP contribution in [0.4, 0.5) is 5.69 Å². The molecule has 0 atom stereocenters. The van der Waals surface area contributed by atoms with Crippen molar-refractivity contribution in [3.63, 3.8) is 0 Å². The first kappa shape index (κ1) is 19.5. The van der Waals surface area contributed by atoms with Crippen molar-refractivity contribution in [2.45, 2.75) is 25.4 Å². The van der Waals surface area contributed by atoms with Gasteiger partial charge in [0, 0.05) is 31.8 Å². The van der Waals surface area contributed by atoms with E-state index in [9.17, 15) is 14.9 Å². The molecule has 2 aromatic carbocycles. The summed E-state index contributed by atoms with van der Waals surface area (Å²) in [6.45, 7) is 1.31. The van der Waals surface area contributed by atoms with Crippen molar-refractivity contribution in [2.75, 3.05) is 20.2 Å². The van der Waals surface area contributed by atoms with Crippen LogP contribution in [-0.2, 0) is 11.3 Å². The number of nitriles is 1. The number of nitrogens with zero attached hydrogens (tertiary/aromatic N) is 3. The van der Waals surface area contributed by atoms with Crippen LogP contribution in [0.2, 0.25) is 0 Å². The number of likely N-dealkylation sites (tertiary alicyclic amines) is 1. The highest BCUT2D eigenvalue weighted by atomic mass is 16.6. The molecule has 1 amide bonds. The fourth-order valence-corrected chi connectivity index (χ4v) is 3.57. The number of carbonyl (C=O) groups is 1. The second kappa shape index (κ2) is 8.63. The number of hydrogen-bond acceptors (Lipinski definition) is 5. The Morgan fingerprint density at radius 1 is 1.25 bits per heavy atom. The van der Waals surface area contributed by atoms with Crippen LogP contribution in [0.5, 0.6) is 0 Å². The minimum Gasteiger partial charge on any atom is -0.380 e. The van der Waals surface area contributed by atoms with Gasteiger partial charge in [-0.1, -0.05) is 12.1 Å². The van der Waals surface area contributed by atoms with Crippen LogP contribution in [0.25, 0.3) is 0 Å². The molecule has 0 unspecified atom stereocenters. The average Bonchev–Trinajstić information content (AvgIpc) is 2.74. The van der Waals surface area contributed by atoms with Crippen molar-refractivity contribution in [1.29, 1.82) is 5.26 Å². The predicted molar refractivity (Wildman–Crippen MR) is 103 cm³/mol. The molecule has 1 aliphatic rings. The molecular formula is C21H21N3O4. The Kier molecular flexibility index (Phi) is 6.02. The molecular weight excluding hydrogens is 358 g/mol. The summed E-state index contributed by atoms with van der Waals surface area (Å²) in [4.78, 5) is 25.4. The number of hydrogen-bond donors (Lipinski definition) is 0. The van der Waals surface area contributed by atoms with Crippen LogP contribution < -0.4 is 0 Å². The van der Waals surface area contributed by atoms with Crippen molar-refractivity contribution < 1.29 is 14.5 Å². The van der Waals surface area contributed by atoms with E-state index in [1.807, 2.05) is 24.3 Å². The predicted octanol–water partition coefficient (Wildman–Crippen LogP) is 3.63. The first-order chi connectivity index (χ1) is 13.5. The molecule has 1 aliphatic heterocycles. The molecule has 7 nitrogen and oxygen atoms in total. The molecule has 28 heavy (non-hydrogen) atoms. The molecule has 1 heterocycles. The van der Waals surface area contributed by atoms with E-state index in [0.717, 1.165) is 12.8 Å². The molecule has 0 aliphatic carbocycles. The third kappa shape index (κ3) is 4.18. The van der Waals surface area contributed by atoms with E-state index in [1.54, 1.807) is 17.0 Å². The first-order valence-corrected chi connectivity index (χ1v) is 9.09. The minimum absolute atomic E-state index is 0.0971. The summed E-state index contributed by atoms with van der Waals surface area (Å²) in [5, 5.41) is 20.2. The topological polar surface area (TPSA) is 96.5 Å². The van der Waals surface area contributed by atoms with Crippen molar-refractivity contribution in [1.82, 2.24) is 4.90 Å². The number of nitro benzene ring substituents is 1. The van der Waals surface area contributed by atoms with Crippen LogP contribution in [0.15, 0.2) is 42.5 Å². The maximum absolute atomic E-state index is 12.8. The second-order valence-electron chi connectivity index (χ2n) is 6.83. The molecule has 0 N–H and O–H groups in total. The van der Waals surface area contributed by atoms with E-state index in [0.29, 0.717) is 35.7 Å². The summed E-state index contributed by atoms with van der Waals surface area (Å²) in [5.74, 6) is 0.153. The summed E-state index contributed by atoms with van der Waals surface area (Å²) in [6.07, 6.45) is 1.64. The van der Waals surface area contributed by atoms with Crippen molar-refractivity contribution >= 4 is 11.6 Å². The van der Waals surface area contributed by atoms with E-state index >= 15 is 0 Å².